The largest absolute Gasteiger partial charge is 0.465 e. The van der Waals surface area contributed by atoms with Gasteiger partial charge in [-0.15, -0.1) is 0 Å². The first-order chi connectivity index (χ1) is 15.2. The van der Waals surface area contributed by atoms with Crippen molar-refractivity contribution in [2.75, 3.05) is 13.2 Å². The van der Waals surface area contributed by atoms with Gasteiger partial charge in [0.1, 0.15) is 5.60 Å². The Morgan fingerprint density at radius 2 is 1.31 bits per heavy atom. The summed E-state index contributed by atoms with van der Waals surface area (Å²) in [6, 6.07) is 0. The SMILES string of the molecule is CCCCCCOC(=O)C1CC(C(=O)OCC2CCCCC2)CC(C(=O)OC(C)(C)C)C1. The van der Waals surface area contributed by atoms with Gasteiger partial charge in [0.15, 0.2) is 0 Å². The molecule has 0 heterocycles. The van der Waals surface area contributed by atoms with Gasteiger partial charge < -0.3 is 14.2 Å². The average Bonchev–Trinajstić information content (AvgIpc) is 2.76. The fraction of sp³-hybridized carbons (Fsp3) is 0.885. The van der Waals surface area contributed by atoms with E-state index in [9.17, 15) is 14.4 Å². The van der Waals surface area contributed by atoms with Crippen LogP contribution in [-0.4, -0.2) is 36.7 Å². The van der Waals surface area contributed by atoms with Gasteiger partial charge in [0.25, 0.3) is 0 Å². The normalized spacial score (nSPS) is 24.6. The van der Waals surface area contributed by atoms with Gasteiger partial charge in [-0.3, -0.25) is 14.4 Å². The quantitative estimate of drug-likeness (QED) is 0.244. The zero-order chi connectivity index (χ0) is 23.6. The Balaban J connectivity index is 1.96. The molecular weight excluding hydrogens is 408 g/mol. The molecule has 2 aliphatic carbocycles. The van der Waals surface area contributed by atoms with Crippen molar-refractivity contribution >= 4 is 17.9 Å². The van der Waals surface area contributed by atoms with E-state index in [1.165, 1.54) is 19.3 Å². The van der Waals surface area contributed by atoms with Gasteiger partial charge in [0, 0.05) is 0 Å². The molecule has 0 spiro atoms. The van der Waals surface area contributed by atoms with Crippen LogP contribution in [0.1, 0.15) is 105 Å². The van der Waals surface area contributed by atoms with Crippen LogP contribution in [0.25, 0.3) is 0 Å². The Morgan fingerprint density at radius 3 is 1.88 bits per heavy atom. The Hall–Kier alpha value is -1.59. The molecule has 0 amide bonds. The second-order valence-corrected chi connectivity index (χ2v) is 10.7. The van der Waals surface area contributed by atoms with Crippen molar-refractivity contribution in [2.24, 2.45) is 23.7 Å². The molecular formula is C26H44O6. The number of carbonyl (C=O) groups excluding carboxylic acids is 3. The van der Waals surface area contributed by atoms with E-state index >= 15 is 0 Å². The minimum atomic E-state index is -0.610. The lowest BCUT2D eigenvalue weighted by atomic mass is 9.75. The van der Waals surface area contributed by atoms with Gasteiger partial charge in [0.05, 0.1) is 31.0 Å². The van der Waals surface area contributed by atoms with Crippen LogP contribution in [0.5, 0.6) is 0 Å². The first kappa shape index (κ1) is 26.7. The molecule has 2 fully saturated rings. The predicted molar refractivity (Wildman–Crippen MR) is 123 cm³/mol. The number of esters is 3. The third kappa shape index (κ3) is 9.50. The molecule has 0 aromatic heterocycles. The average molecular weight is 453 g/mol. The predicted octanol–water partition coefficient (Wildman–Crippen LogP) is 5.61. The van der Waals surface area contributed by atoms with Crippen LogP contribution in [0.4, 0.5) is 0 Å². The second kappa shape index (κ2) is 13.2. The monoisotopic (exact) mass is 452 g/mol. The van der Waals surface area contributed by atoms with E-state index in [2.05, 4.69) is 6.92 Å². The number of carbonyl (C=O) groups is 3. The molecule has 2 aliphatic rings. The molecule has 0 aliphatic heterocycles. The van der Waals surface area contributed by atoms with Crippen LogP contribution >= 0.6 is 0 Å². The molecule has 0 aromatic rings. The van der Waals surface area contributed by atoms with E-state index in [4.69, 9.17) is 14.2 Å². The second-order valence-electron chi connectivity index (χ2n) is 10.7. The lowest BCUT2D eigenvalue weighted by molar-refractivity contribution is -0.167. The maximum Gasteiger partial charge on any atom is 0.309 e. The molecule has 0 bridgehead atoms. The third-order valence-corrected chi connectivity index (χ3v) is 6.54. The van der Waals surface area contributed by atoms with Crippen LogP contribution in [0.2, 0.25) is 0 Å². The molecule has 0 aromatic carbocycles. The van der Waals surface area contributed by atoms with Crippen molar-refractivity contribution in [1.82, 2.24) is 0 Å². The number of hydrogen-bond donors (Lipinski definition) is 0. The highest BCUT2D eigenvalue weighted by molar-refractivity contribution is 5.80. The van der Waals surface area contributed by atoms with Gasteiger partial charge >= 0.3 is 17.9 Å². The van der Waals surface area contributed by atoms with Crippen molar-refractivity contribution in [3.8, 4) is 0 Å². The molecule has 2 saturated carbocycles. The summed E-state index contributed by atoms with van der Waals surface area (Å²) < 4.78 is 16.7. The minimum Gasteiger partial charge on any atom is -0.465 e. The summed E-state index contributed by atoms with van der Waals surface area (Å²) in [5.74, 6) is -1.94. The standard InChI is InChI=1S/C26H44O6/c1-5-6-7-11-14-30-23(27)20-15-21(17-22(16-20)25(29)32-26(2,3)4)24(28)31-18-19-12-9-8-10-13-19/h19-22H,5-18H2,1-4H3. The highest BCUT2D eigenvalue weighted by atomic mass is 16.6. The number of ether oxygens (including phenoxy) is 3. The van der Waals surface area contributed by atoms with Crippen LogP contribution in [0.3, 0.4) is 0 Å². The Morgan fingerprint density at radius 1 is 0.750 bits per heavy atom. The lowest BCUT2D eigenvalue weighted by Crippen LogP contribution is -2.39. The van der Waals surface area contributed by atoms with Gasteiger partial charge in [-0.1, -0.05) is 45.4 Å². The molecule has 6 nitrogen and oxygen atoms in total. The maximum absolute atomic E-state index is 12.9. The van der Waals surface area contributed by atoms with E-state index in [-0.39, 0.29) is 17.9 Å². The van der Waals surface area contributed by atoms with E-state index in [1.807, 2.05) is 20.8 Å². The van der Waals surface area contributed by atoms with Crippen molar-refractivity contribution in [2.45, 2.75) is 110 Å². The fourth-order valence-corrected chi connectivity index (χ4v) is 4.77. The molecule has 184 valence electrons. The van der Waals surface area contributed by atoms with Crippen molar-refractivity contribution in [3.63, 3.8) is 0 Å². The lowest BCUT2D eigenvalue weighted by Gasteiger charge is -2.33. The van der Waals surface area contributed by atoms with Crippen LogP contribution in [0, 0.1) is 23.7 Å². The molecule has 32 heavy (non-hydrogen) atoms. The Labute approximate surface area is 194 Å². The Kier molecular flexibility index (Phi) is 11.0. The van der Waals surface area contributed by atoms with Crippen molar-refractivity contribution < 1.29 is 28.6 Å². The molecule has 6 heteroatoms. The summed E-state index contributed by atoms with van der Waals surface area (Å²) in [5.41, 5.74) is -0.610. The maximum atomic E-state index is 12.9. The summed E-state index contributed by atoms with van der Waals surface area (Å²) in [6.45, 7) is 8.45. The summed E-state index contributed by atoms with van der Waals surface area (Å²) in [5, 5.41) is 0. The zero-order valence-corrected chi connectivity index (χ0v) is 20.7. The van der Waals surface area contributed by atoms with Crippen molar-refractivity contribution in [1.29, 1.82) is 0 Å². The summed E-state index contributed by atoms with van der Waals surface area (Å²) >= 11 is 0. The number of hydrogen-bond acceptors (Lipinski definition) is 6. The zero-order valence-electron chi connectivity index (χ0n) is 20.7. The topological polar surface area (TPSA) is 78.9 Å². The number of rotatable bonds is 10. The Bertz CT molecular complexity index is 602. The van der Waals surface area contributed by atoms with Crippen LogP contribution in [0.15, 0.2) is 0 Å². The highest BCUT2D eigenvalue weighted by Gasteiger charge is 2.42. The summed E-state index contributed by atoms with van der Waals surface area (Å²) in [7, 11) is 0. The van der Waals surface area contributed by atoms with E-state index in [0.717, 1.165) is 38.5 Å². The first-order valence-corrected chi connectivity index (χ1v) is 12.8. The number of unbranched alkanes of at least 4 members (excludes halogenated alkanes) is 3. The van der Waals surface area contributed by atoms with E-state index in [1.54, 1.807) is 0 Å². The third-order valence-electron chi connectivity index (χ3n) is 6.54. The molecule has 3 unspecified atom stereocenters. The van der Waals surface area contributed by atoms with Crippen LogP contribution in [-0.2, 0) is 28.6 Å². The fourth-order valence-electron chi connectivity index (χ4n) is 4.77. The molecule has 0 radical (unpaired) electrons. The summed E-state index contributed by atoms with van der Waals surface area (Å²) in [4.78, 5) is 38.4. The van der Waals surface area contributed by atoms with Crippen LogP contribution < -0.4 is 0 Å². The molecule has 0 saturated heterocycles. The van der Waals surface area contributed by atoms with Gasteiger partial charge in [-0.2, -0.15) is 0 Å². The van der Waals surface area contributed by atoms with Crippen molar-refractivity contribution in [3.05, 3.63) is 0 Å². The smallest absolute Gasteiger partial charge is 0.309 e. The van der Waals surface area contributed by atoms with Gasteiger partial charge in [0.2, 0.25) is 0 Å². The summed E-state index contributed by atoms with van der Waals surface area (Å²) in [6.07, 6.45) is 11.1. The minimum absolute atomic E-state index is 0.287. The van der Waals surface area contributed by atoms with Gasteiger partial charge in [-0.05, 0) is 65.2 Å². The first-order valence-electron chi connectivity index (χ1n) is 12.8. The van der Waals surface area contributed by atoms with E-state index < -0.39 is 23.4 Å². The molecule has 2 rings (SSSR count). The van der Waals surface area contributed by atoms with Gasteiger partial charge in [-0.25, -0.2) is 0 Å². The molecule has 3 atom stereocenters. The molecule has 0 N–H and O–H groups in total. The highest BCUT2D eigenvalue weighted by Crippen LogP contribution is 2.37. The van der Waals surface area contributed by atoms with E-state index in [0.29, 0.717) is 38.4 Å².